The van der Waals surface area contributed by atoms with Crippen LogP contribution in [-0.2, 0) is 11.3 Å². The van der Waals surface area contributed by atoms with Crippen LogP contribution < -0.4 is 15.4 Å². The molecule has 2 aromatic rings. The maximum Gasteiger partial charge on any atom is 0.223 e. The van der Waals surface area contributed by atoms with E-state index in [4.69, 9.17) is 4.74 Å². The first-order valence-corrected chi connectivity index (χ1v) is 8.95. The highest BCUT2D eigenvalue weighted by Crippen LogP contribution is 2.25. The van der Waals surface area contributed by atoms with Gasteiger partial charge in [-0.05, 0) is 51.4 Å². The summed E-state index contributed by atoms with van der Waals surface area (Å²) in [7, 11) is 0. The molecule has 0 aliphatic carbocycles. The average molecular weight is 338 g/mol. The third-order valence-electron chi connectivity index (χ3n) is 4.67. The summed E-state index contributed by atoms with van der Waals surface area (Å²) in [5.41, 5.74) is 2.18. The topological polar surface area (TPSA) is 50.4 Å². The maximum absolute atomic E-state index is 12.4. The fourth-order valence-corrected chi connectivity index (χ4v) is 3.18. The first-order valence-electron chi connectivity index (χ1n) is 8.95. The SMILES string of the molecule is Cc1ccc(Oc2ccccc2CNC(=O)[C@H]2CCN[C@@H](C)C2)cc1. The van der Waals surface area contributed by atoms with Crippen LogP contribution in [0.4, 0.5) is 0 Å². The number of aryl methyl sites for hydroxylation is 1. The van der Waals surface area contributed by atoms with Gasteiger partial charge in [-0.1, -0.05) is 35.9 Å². The van der Waals surface area contributed by atoms with Crippen molar-refractivity contribution in [2.24, 2.45) is 5.92 Å². The van der Waals surface area contributed by atoms with Gasteiger partial charge in [-0.15, -0.1) is 0 Å². The van der Waals surface area contributed by atoms with E-state index < -0.39 is 0 Å². The van der Waals surface area contributed by atoms with Crippen LogP contribution in [0.3, 0.4) is 0 Å². The summed E-state index contributed by atoms with van der Waals surface area (Å²) in [6, 6.07) is 16.2. The van der Waals surface area contributed by atoms with E-state index in [1.54, 1.807) is 0 Å². The number of amides is 1. The molecular formula is C21H26N2O2. The number of hydrogen-bond donors (Lipinski definition) is 2. The van der Waals surface area contributed by atoms with Gasteiger partial charge in [0.2, 0.25) is 5.91 Å². The van der Waals surface area contributed by atoms with Crippen LogP contribution in [0.25, 0.3) is 0 Å². The lowest BCUT2D eigenvalue weighted by Gasteiger charge is -2.27. The highest BCUT2D eigenvalue weighted by atomic mass is 16.5. The molecule has 4 heteroatoms. The zero-order valence-electron chi connectivity index (χ0n) is 14.9. The van der Waals surface area contributed by atoms with E-state index in [1.807, 2.05) is 48.5 Å². The summed E-state index contributed by atoms with van der Waals surface area (Å²) in [4.78, 5) is 12.4. The van der Waals surface area contributed by atoms with Crippen LogP contribution in [0.15, 0.2) is 48.5 Å². The fourth-order valence-electron chi connectivity index (χ4n) is 3.18. The normalized spacial score (nSPS) is 20.1. The number of ether oxygens (including phenoxy) is 1. The number of benzene rings is 2. The van der Waals surface area contributed by atoms with Crippen molar-refractivity contribution < 1.29 is 9.53 Å². The highest BCUT2D eigenvalue weighted by Gasteiger charge is 2.24. The van der Waals surface area contributed by atoms with Crippen LogP contribution in [0.5, 0.6) is 11.5 Å². The number of para-hydroxylation sites is 1. The van der Waals surface area contributed by atoms with E-state index in [0.717, 1.165) is 36.4 Å². The molecule has 2 atom stereocenters. The third kappa shape index (κ3) is 4.83. The molecule has 1 saturated heterocycles. The number of piperidine rings is 1. The summed E-state index contributed by atoms with van der Waals surface area (Å²) in [6.45, 7) is 5.57. The van der Waals surface area contributed by atoms with Gasteiger partial charge >= 0.3 is 0 Å². The molecule has 0 radical (unpaired) electrons. The van der Waals surface area contributed by atoms with Crippen molar-refractivity contribution in [3.05, 3.63) is 59.7 Å². The summed E-state index contributed by atoms with van der Waals surface area (Å²) in [5.74, 6) is 1.82. The molecular weight excluding hydrogens is 312 g/mol. The zero-order chi connectivity index (χ0) is 17.6. The first kappa shape index (κ1) is 17.5. The summed E-state index contributed by atoms with van der Waals surface area (Å²) in [5, 5.41) is 6.46. The molecule has 1 amide bonds. The predicted octanol–water partition coefficient (Wildman–Crippen LogP) is 3.79. The Kier molecular flexibility index (Phi) is 5.71. The van der Waals surface area contributed by atoms with Gasteiger partial charge in [0.15, 0.2) is 0 Å². The molecule has 0 saturated carbocycles. The second-order valence-electron chi connectivity index (χ2n) is 6.82. The van der Waals surface area contributed by atoms with Crippen LogP contribution in [0.1, 0.15) is 30.9 Å². The van der Waals surface area contributed by atoms with Crippen LogP contribution in [0, 0.1) is 12.8 Å². The molecule has 0 spiro atoms. The van der Waals surface area contributed by atoms with Crippen LogP contribution in [-0.4, -0.2) is 18.5 Å². The van der Waals surface area contributed by atoms with E-state index in [2.05, 4.69) is 24.5 Å². The van der Waals surface area contributed by atoms with Gasteiger partial charge in [-0.2, -0.15) is 0 Å². The second-order valence-corrected chi connectivity index (χ2v) is 6.82. The summed E-state index contributed by atoms with van der Waals surface area (Å²) in [6.07, 6.45) is 1.80. The van der Waals surface area contributed by atoms with Crippen molar-refractivity contribution in [3.63, 3.8) is 0 Å². The van der Waals surface area contributed by atoms with Gasteiger partial charge in [0, 0.05) is 24.1 Å². The molecule has 1 aliphatic heterocycles. The Morgan fingerprint density at radius 2 is 1.96 bits per heavy atom. The molecule has 132 valence electrons. The van der Waals surface area contributed by atoms with Crippen molar-refractivity contribution in [2.75, 3.05) is 6.54 Å². The second kappa shape index (κ2) is 8.17. The van der Waals surface area contributed by atoms with Gasteiger partial charge in [0.25, 0.3) is 0 Å². The van der Waals surface area contributed by atoms with Crippen molar-refractivity contribution in [1.82, 2.24) is 10.6 Å². The van der Waals surface area contributed by atoms with Gasteiger partial charge in [0.1, 0.15) is 11.5 Å². The molecule has 1 heterocycles. The number of rotatable bonds is 5. The predicted molar refractivity (Wildman–Crippen MR) is 99.7 cm³/mol. The number of carbonyl (C=O) groups is 1. The van der Waals surface area contributed by atoms with Crippen LogP contribution in [0.2, 0.25) is 0 Å². The van der Waals surface area contributed by atoms with Crippen LogP contribution >= 0.6 is 0 Å². The molecule has 0 unspecified atom stereocenters. The smallest absolute Gasteiger partial charge is 0.223 e. The van der Waals surface area contributed by atoms with Crippen molar-refractivity contribution in [2.45, 2.75) is 39.3 Å². The summed E-state index contributed by atoms with van der Waals surface area (Å²) < 4.78 is 6.00. The third-order valence-corrected chi connectivity index (χ3v) is 4.67. The Morgan fingerprint density at radius 1 is 1.20 bits per heavy atom. The standard InChI is InChI=1S/C21H26N2O2/c1-15-7-9-19(10-8-15)25-20-6-4-3-5-18(20)14-23-21(24)17-11-12-22-16(2)13-17/h3-10,16-17,22H,11-14H2,1-2H3,(H,23,24)/t16-,17-/m0/s1. The lowest BCUT2D eigenvalue weighted by atomic mass is 9.92. The van der Waals surface area contributed by atoms with E-state index in [1.165, 1.54) is 5.56 Å². The minimum absolute atomic E-state index is 0.0985. The molecule has 3 rings (SSSR count). The molecule has 1 aliphatic rings. The Bertz CT molecular complexity index is 712. The fraction of sp³-hybridized carbons (Fsp3) is 0.381. The van der Waals surface area contributed by atoms with E-state index in [0.29, 0.717) is 12.6 Å². The Balaban J connectivity index is 1.62. The zero-order valence-corrected chi connectivity index (χ0v) is 14.9. The largest absolute Gasteiger partial charge is 0.457 e. The van der Waals surface area contributed by atoms with E-state index in [9.17, 15) is 4.79 Å². The lowest BCUT2D eigenvalue weighted by Crippen LogP contribution is -2.42. The van der Waals surface area contributed by atoms with Crippen molar-refractivity contribution >= 4 is 5.91 Å². The number of hydrogen-bond acceptors (Lipinski definition) is 3. The Labute approximate surface area is 149 Å². The molecule has 0 aromatic heterocycles. The molecule has 0 bridgehead atoms. The minimum Gasteiger partial charge on any atom is -0.457 e. The van der Waals surface area contributed by atoms with Crippen molar-refractivity contribution in [1.29, 1.82) is 0 Å². The maximum atomic E-state index is 12.4. The average Bonchev–Trinajstić information content (AvgIpc) is 2.62. The quantitative estimate of drug-likeness (QED) is 0.872. The van der Waals surface area contributed by atoms with Gasteiger partial charge in [0.05, 0.1) is 0 Å². The minimum atomic E-state index is 0.0985. The number of nitrogens with one attached hydrogen (secondary N) is 2. The molecule has 25 heavy (non-hydrogen) atoms. The molecule has 1 fully saturated rings. The van der Waals surface area contributed by atoms with Gasteiger partial charge in [-0.3, -0.25) is 4.79 Å². The van der Waals surface area contributed by atoms with E-state index >= 15 is 0 Å². The van der Waals surface area contributed by atoms with Crippen molar-refractivity contribution in [3.8, 4) is 11.5 Å². The van der Waals surface area contributed by atoms with Gasteiger partial charge < -0.3 is 15.4 Å². The molecule has 4 nitrogen and oxygen atoms in total. The van der Waals surface area contributed by atoms with E-state index in [-0.39, 0.29) is 11.8 Å². The monoisotopic (exact) mass is 338 g/mol. The lowest BCUT2D eigenvalue weighted by molar-refractivity contribution is -0.126. The first-order chi connectivity index (χ1) is 12.1. The molecule has 2 aromatic carbocycles. The number of carbonyl (C=O) groups excluding carboxylic acids is 1. The Hall–Kier alpha value is -2.33. The van der Waals surface area contributed by atoms with Gasteiger partial charge in [-0.25, -0.2) is 0 Å². The highest BCUT2D eigenvalue weighted by molar-refractivity contribution is 5.78. The summed E-state index contributed by atoms with van der Waals surface area (Å²) >= 11 is 0. The Morgan fingerprint density at radius 3 is 2.72 bits per heavy atom. The molecule has 2 N–H and O–H groups in total.